The zero-order chi connectivity index (χ0) is 13.8. The number of benzene rings is 2. The van der Waals surface area contributed by atoms with Crippen molar-refractivity contribution in [1.82, 2.24) is 0 Å². The third kappa shape index (κ3) is 3.45. The zero-order valence-electron chi connectivity index (χ0n) is 10.1. The lowest BCUT2D eigenvalue weighted by atomic mass is 10.1. The van der Waals surface area contributed by atoms with Gasteiger partial charge in [-0.2, -0.15) is 0 Å². The van der Waals surface area contributed by atoms with Crippen LogP contribution >= 0.6 is 0 Å². The van der Waals surface area contributed by atoms with Crippen molar-refractivity contribution in [2.24, 2.45) is 0 Å². The lowest BCUT2D eigenvalue weighted by Crippen LogP contribution is -2.14. The summed E-state index contributed by atoms with van der Waals surface area (Å²) in [4.78, 5) is 11.8. The molecule has 19 heavy (non-hydrogen) atoms. The van der Waals surface area contributed by atoms with Crippen molar-refractivity contribution in [3.8, 4) is 5.75 Å². The topological polar surface area (TPSA) is 75.3 Å². The fraction of sp³-hybridized carbons (Fsp3) is 0.0714. The Hall–Kier alpha value is -2.56. The quantitative estimate of drug-likeness (QED) is 0.741. The number of hydrogen-bond donors (Lipinski definition) is 3. The summed E-state index contributed by atoms with van der Waals surface area (Å²) in [7, 11) is 0. The summed E-state index contributed by atoms with van der Waals surface area (Å²) in [5, 5.41) is 11.9. The molecule has 0 aromatic heterocycles. The molecule has 0 bridgehead atoms. The molecule has 0 saturated carbocycles. The van der Waals surface area contributed by atoms with Gasteiger partial charge in [0.25, 0.3) is 0 Å². The van der Waals surface area contributed by atoms with Crippen molar-refractivity contribution < 1.29 is 14.3 Å². The molecule has 0 aliphatic carbocycles. The molecule has 1 amide bonds. The summed E-state index contributed by atoms with van der Waals surface area (Å²) in [6.45, 7) is 0. The standard InChI is InChI=1S/C14H13FN2O2/c15-12-5-4-10(8-13(12)16)17-14(19)7-9-2-1-3-11(18)6-9/h1-6,8,18H,7,16H2,(H,17,19). The Morgan fingerprint density at radius 1 is 1.26 bits per heavy atom. The van der Waals surface area contributed by atoms with Gasteiger partial charge in [0.1, 0.15) is 11.6 Å². The molecule has 0 spiro atoms. The van der Waals surface area contributed by atoms with E-state index in [1.165, 1.54) is 30.3 Å². The molecule has 0 heterocycles. The van der Waals surface area contributed by atoms with Crippen molar-refractivity contribution in [3.05, 3.63) is 53.8 Å². The van der Waals surface area contributed by atoms with Crippen LogP contribution in [0.15, 0.2) is 42.5 Å². The van der Waals surface area contributed by atoms with E-state index in [2.05, 4.69) is 5.32 Å². The fourth-order valence-electron chi connectivity index (χ4n) is 1.68. The minimum Gasteiger partial charge on any atom is -0.508 e. The maximum atomic E-state index is 13.0. The van der Waals surface area contributed by atoms with Crippen LogP contribution in [0, 0.1) is 5.82 Å². The van der Waals surface area contributed by atoms with Crippen molar-refractivity contribution in [2.75, 3.05) is 11.1 Å². The molecule has 2 aromatic carbocycles. The van der Waals surface area contributed by atoms with Crippen molar-refractivity contribution in [3.63, 3.8) is 0 Å². The van der Waals surface area contributed by atoms with Crippen LogP contribution in [0.1, 0.15) is 5.56 Å². The van der Waals surface area contributed by atoms with Gasteiger partial charge < -0.3 is 16.2 Å². The molecule has 0 aliphatic heterocycles. The number of phenols is 1. The number of halogens is 1. The first-order valence-electron chi connectivity index (χ1n) is 5.67. The van der Waals surface area contributed by atoms with Crippen LogP contribution in [-0.4, -0.2) is 11.0 Å². The molecule has 0 saturated heterocycles. The number of phenolic OH excluding ortho intramolecular Hbond substituents is 1. The number of amides is 1. The second kappa shape index (κ2) is 5.39. The first-order valence-corrected chi connectivity index (χ1v) is 5.67. The average molecular weight is 260 g/mol. The van der Waals surface area contributed by atoms with Gasteiger partial charge in [-0.05, 0) is 35.9 Å². The van der Waals surface area contributed by atoms with Gasteiger partial charge in [-0.3, -0.25) is 4.79 Å². The molecule has 2 aromatic rings. The Kier molecular flexibility index (Phi) is 3.66. The van der Waals surface area contributed by atoms with E-state index in [-0.39, 0.29) is 23.8 Å². The predicted octanol–water partition coefficient (Wildman–Crippen LogP) is 2.29. The second-order valence-corrected chi connectivity index (χ2v) is 4.13. The van der Waals surface area contributed by atoms with Crippen LogP contribution in [0.3, 0.4) is 0 Å². The zero-order valence-corrected chi connectivity index (χ0v) is 10.1. The van der Waals surface area contributed by atoms with Crippen LogP contribution in [0.25, 0.3) is 0 Å². The van der Waals surface area contributed by atoms with Gasteiger partial charge >= 0.3 is 0 Å². The Bertz CT molecular complexity index is 614. The summed E-state index contributed by atoms with van der Waals surface area (Å²) < 4.78 is 13.0. The molecular weight excluding hydrogens is 247 g/mol. The summed E-state index contributed by atoms with van der Waals surface area (Å²) in [6.07, 6.45) is 0.117. The van der Waals surface area contributed by atoms with Crippen LogP contribution in [0.2, 0.25) is 0 Å². The number of nitrogens with two attached hydrogens (primary N) is 1. The van der Waals surface area contributed by atoms with Gasteiger partial charge in [0, 0.05) is 5.69 Å². The van der Waals surface area contributed by atoms with E-state index < -0.39 is 5.82 Å². The largest absolute Gasteiger partial charge is 0.508 e. The summed E-state index contributed by atoms with van der Waals surface area (Å²) in [6, 6.07) is 10.4. The summed E-state index contributed by atoms with van der Waals surface area (Å²) >= 11 is 0. The molecule has 4 N–H and O–H groups in total. The number of rotatable bonds is 3. The van der Waals surface area contributed by atoms with Crippen LogP contribution in [-0.2, 0) is 11.2 Å². The van der Waals surface area contributed by atoms with E-state index in [1.54, 1.807) is 12.1 Å². The molecule has 98 valence electrons. The van der Waals surface area contributed by atoms with Crippen molar-refractivity contribution >= 4 is 17.3 Å². The molecule has 4 nitrogen and oxygen atoms in total. The molecule has 2 rings (SSSR count). The number of anilines is 2. The van der Waals surface area contributed by atoms with Crippen LogP contribution in [0.4, 0.5) is 15.8 Å². The monoisotopic (exact) mass is 260 g/mol. The molecule has 0 aliphatic rings. The highest BCUT2D eigenvalue weighted by molar-refractivity contribution is 5.92. The molecule has 0 unspecified atom stereocenters. The SMILES string of the molecule is Nc1cc(NC(=O)Cc2cccc(O)c2)ccc1F. The third-order valence-electron chi connectivity index (χ3n) is 2.56. The third-order valence-corrected chi connectivity index (χ3v) is 2.56. The van der Waals surface area contributed by atoms with Gasteiger partial charge in [0.15, 0.2) is 0 Å². The molecule has 0 radical (unpaired) electrons. The Labute approximate surface area is 109 Å². The maximum absolute atomic E-state index is 13.0. The lowest BCUT2D eigenvalue weighted by Gasteiger charge is -2.07. The minimum absolute atomic E-state index is 0.0184. The Morgan fingerprint density at radius 2 is 2.05 bits per heavy atom. The van der Waals surface area contributed by atoms with Gasteiger partial charge in [0.05, 0.1) is 12.1 Å². The van der Waals surface area contributed by atoms with Crippen molar-refractivity contribution in [2.45, 2.75) is 6.42 Å². The molecule has 0 atom stereocenters. The van der Waals surface area contributed by atoms with E-state index in [9.17, 15) is 14.3 Å². The van der Waals surface area contributed by atoms with Gasteiger partial charge in [-0.25, -0.2) is 4.39 Å². The Balaban J connectivity index is 2.03. The van der Waals surface area contributed by atoms with E-state index >= 15 is 0 Å². The maximum Gasteiger partial charge on any atom is 0.228 e. The van der Waals surface area contributed by atoms with E-state index in [0.29, 0.717) is 11.3 Å². The number of nitrogen functional groups attached to an aromatic ring is 1. The Morgan fingerprint density at radius 3 is 2.74 bits per heavy atom. The smallest absolute Gasteiger partial charge is 0.228 e. The molecular formula is C14H13FN2O2. The normalized spacial score (nSPS) is 10.2. The lowest BCUT2D eigenvalue weighted by molar-refractivity contribution is -0.115. The number of hydrogen-bond acceptors (Lipinski definition) is 3. The molecule has 0 fully saturated rings. The number of nitrogens with one attached hydrogen (secondary N) is 1. The minimum atomic E-state index is -0.522. The highest BCUT2D eigenvalue weighted by Gasteiger charge is 2.06. The van der Waals surface area contributed by atoms with Gasteiger partial charge in [-0.15, -0.1) is 0 Å². The summed E-state index contributed by atoms with van der Waals surface area (Å²) in [5.74, 6) is -0.682. The van der Waals surface area contributed by atoms with Crippen LogP contribution < -0.4 is 11.1 Å². The van der Waals surface area contributed by atoms with Crippen molar-refractivity contribution in [1.29, 1.82) is 0 Å². The van der Waals surface area contributed by atoms with Crippen LogP contribution in [0.5, 0.6) is 5.75 Å². The first-order chi connectivity index (χ1) is 9.04. The predicted molar refractivity (Wildman–Crippen MR) is 71.3 cm³/mol. The second-order valence-electron chi connectivity index (χ2n) is 4.13. The number of carbonyl (C=O) groups is 1. The highest BCUT2D eigenvalue weighted by Crippen LogP contribution is 2.17. The fourth-order valence-corrected chi connectivity index (χ4v) is 1.68. The molecule has 5 heteroatoms. The number of carbonyl (C=O) groups excluding carboxylic acids is 1. The first kappa shape index (κ1) is 12.9. The van der Waals surface area contributed by atoms with Gasteiger partial charge in [0.2, 0.25) is 5.91 Å². The van der Waals surface area contributed by atoms with E-state index in [0.717, 1.165) is 0 Å². The van der Waals surface area contributed by atoms with Gasteiger partial charge in [-0.1, -0.05) is 12.1 Å². The number of aromatic hydroxyl groups is 1. The average Bonchev–Trinajstić information content (AvgIpc) is 2.34. The van der Waals surface area contributed by atoms with E-state index in [1.807, 2.05) is 0 Å². The summed E-state index contributed by atoms with van der Waals surface area (Å²) in [5.41, 5.74) is 6.51. The highest BCUT2D eigenvalue weighted by atomic mass is 19.1. The van der Waals surface area contributed by atoms with E-state index in [4.69, 9.17) is 5.73 Å².